The van der Waals surface area contributed by atoms with Gasteiger partial charge in [0.15, 0.2) is 6.61 Å². The molecule has 4 saturated carbocycles. The summed E-state index contributed by atoms with van der Waals surface area (Å²) in [5.74, 6) is 1.67. The summed E-state index contributed by atoms with van der Waals surface area (Å²) >= 11 is 12.1. The highest BCUT2D eigenvalue weighted by atomic mass is 35.5. The van der Waals surface area contributed by atoms with Crippen molar-refractivity contribution in [2.45, 2.75) is 44.9 Å². The first-order chi connectivity index (χ1) is 12.4. The first-order valence-electron chi connectivity index (χ1n) is 9.32. The van der Waals surface area contributed by atoms with E-state index in [9.17, 15) is 9.59 Å². The number of carbonyl (C=O) groups is 2. The Morgan fingerprint density at radius 2 is 1.58 bits per heavy atom. The first kappa shape index (κ1) is 18.1. The van der Waals surface area contributed by atoms with Crippen LogP contribution in [0, 0.1) is 23.2 Å². The highest BCUT2D eigenvalue weighted by molar-refractivity contribution is 6.39. The van der Waals surface area contributed by atoms with Crippen LogP contribution in [0.4, 0.5) is 5.69 Å². The van der Waals surface area contributed by atoms with Crippen molar-refractivity contribution in [3.05, 3.63) is 28.2 Å². The molecule has 0 spiro atoms. The van der Waals surface area contributed by atoms with Crippen molar-refractivity contribution in [2.75, 3.05) is 11.9 Å². The van der Waals surface area contributed by atoms with Crippen LogP contribution in [0.1, 0.15) is 44.9 Å². The van der Waals surface area contributed by atoms with E-state index in [0.29, 0.717) is 22.2 Å². The molecule has 0 aliphatic heterocycles. The zero-order valence-corrected chi connectivity index (χ0v) is 16.1. The van der Waals surface area contributed by atoms with E-state index >= 15 is 0 Å². The van der Waals surface area contributed by atoms with Crippen LogP contribution in [0.15, 0.2) is 18.2 Å². The van der Waals surface area contributed by atoms with E-state index in [0.717, 1.165) is 37.0 Å². The summed E-state index contributed by atoms with van der Waals surface area (Å²) in [7, 11) is 0. The van der Waals surface area contributed by atoms with E-state index in [1.807, 2.05) is 0 Å². The number of benzene rings is 1. The van der Waals surface area contributed by atoms with Crippen LogP contribution < -0.4 is 5.32 Å². The molecule has 0 heterocycles. The van der Waals surface area contributed by atoms with Crippen LogP contribution in [0.3, 0.4) is 0 Å². The molecule has 1 aromatic rings. The van der Waals surface area contributed by atoms with E-state index in [2.05, 4.69) is 5.32 Å². The summed E-state index contributed by atoms with van der Waals surface area (Å²) in [4.78, 5) is 24.4. The van der Waals surface area contributed by atoms with Crippen molar-refractivity contribution in [3.8, 4) is 0 Å². The fraction of sp³-hybridized carbons (Fsp3) is 0.600. The van der Waals surface area contributed by atoms with Crippen LogP contribution in [0.2, 0.25) is 10.0 Å². The minimum atomic E-state index is -0.432. The molecule has 5 rings (SSSR count). The van der Waals surface area contributed by atoms with Gasteiger partial charge in [-0.25, -0.2) is 0 Å². The molecule has 1 N–H and O–H groups in total. The molecule has 0 saturated heterocycles. The molecule has 0 aromatic heterocycles. The Kier molecular flexibility index (Phi) is 4.91. The average Bonchev–Trinajstić information content (AvgIpc) is 2.55. The molecule has 0 radical (unpaired) electrons. The van der Waals surface area contributed by atoms with Gasteiger partial charge in [0.05, 0.1) is 22.2 Å². The number of ether oxygens (including phenoxy) is 1. The number of amides is 1. The third kappa shape index (κ3) is 3.72. The maximum atomic E-state index is 12.4. The normalized spacial score (nSPS) is 31.7. The smallest absolute Gasteiger partial charge is 0.306 e. The summed E-state index contributed by atoms with van der Waals surface area (Å²) in [6.07, 6.45) is 7.91. The van der Waals surface area contributed by atoms with Gasteiger partial charge in [-0.2, -0.15) is 0 Å². The molecule has 4 nitrogen and oxygen atoms in total. The quantitative estimate of drug-likeness (QED) is 0.706. The third-order valence-corrected chi connectivity index (χ3v) is 6.91. The highest BCUT2D eigenvalue weighted by Gasteiger charge is 2.51. The van der Waals surface area contributed by atoms with E-state index in [4.69, 9.17) is 27.9 Å². The van der Waals surface area contributed by atoms with Gasteiger partial charge in [-0.1, -0.05) is 29.3 Å². The molecule has 4 aliphatic rings. The van der Waals surface area contributed by atoms with Crippen molar-refractivity contribution in [3.63, 3.8) is 0 Å². The molecule has 4 bridgehead atoms. The fourth-order valence-corrected chi connectivity index (χ4v) is 6.29. The highest BCUT2D eigenvalue weighted by Crippen LogP contribution is 2.61. The Hall–Kier alpha value is -1.26. The van der Waals surface area contributed by atoms with E-state index < -0.39 is 5.91 Å². The third-order valence-electron chi connectivity index (χ3n) is 6.28. The van der Waals surface area contributed by atoms with Crippen LogP contribution in [-0.4, -0.2) is 18.5 Å². The summed E-state index contributed by atoms with van der Waals surface area (Å²) in [6.45, 7) is -0.313. The molecule has 0 atom stereocenters. The molecule has 140 valence electrons. The minimum Gasteiger partial charge on any atom is -0.456 e. The number of rotatable bonds is 5. The van der Waals surface area contributed by atoms with Crippen molar-refractivity contribution in [1.82, 2.24) is 0 Å². The molecule has 0 unspecified atom stereocenters. The van der Waals surface area contributed by atoms with Crippen LogP contribution in [-0.2, 0) is 14.3 Å². The van der Waals surface area contributed by atoms with Gasteiger partial charge < -0.3 is 10.1 Å². The van der Waals surface area contributed by atoms with E-state index in [1.165, 1.54) is 19.3 Å². The number of halogens is 2. The number of anilines is 1. The lowest BCUT2D eigenvalue weighted by molar-refractivity contribution is -0.154. The number of hydrogen-bond donors (Lipinski definition) is 1. The van der Waals surface area contributed by atoms with Crippen LogP contribution >= 0.6 is 23.2 Å². The monoisotopic (exact) mass is 395 g/mol. The summed E-state index contributed by atoms with van der Waals surface area (Å²) in [5.41, 5.74) is 0.465. The summed E-state index contributed by atoms with van der Waals surface area (Å²) in [5, 5.41) is 3.32. The molecule has 1 aromatic carbocycles. The predicted octanol–water partition coefficient (Wildman–Crippen LogP) is 5.08. The second-order valence-electron chi connectivity index (χ2n) is 8.40. The lowest BCUT2D eigenvalue weighted by Crippen LogP contribution is -2.47. The summed E-state index contributed by atoms with van der Waals surface area (Å²) < 4.78 is 5.26. The molecule has 6 heteroatoms. The van der Waals surface area contributed by atoms with Gasteiger partial charge in [-0.15, -0.1) is 0 Å². The maximum Gasteiger partial charge on any atom is 0.306 e. The SMILES string of the molecule is O=C(COC(=O)CC12CC3CC(CC(C3)C1)C2)Nc1c(Cl)cccc1Cl. The Labute approximate surface area is 163 Å². The van der Waals surface area contributed by atoms with Crippen molar-refractivity contribution < 1.29 is 14.3 Å². The lowest BCUT2D eigenvalue weighted by atomic mass is 9.49. The predicted molar refractivity (Wildman–Crippen MR) is 101 cm³/mol. The van der Waals surface area contributed by atoms with Gasteiger partial charge in [-0.3, -0.25) is 9.59 Å². The Morgan fingerprint density at radius 1 is 1.04 bits per heavy atom. The Balaban J connectivity index is 1.30. The average molecular weight is 396 g/mol. The van der Waals surface area contributed by atoms with Crippen molar-refractivity contribution in [1.29, 1.82) is 0 Å². The fourth-order valence-electron chi connectivity index (χ4n) is 5.80. The number of hydrogen-bond acceptors (Lipinski definition) is 3. The van der Waals surface area contributed by atoms with Crippen LogP contribution in [0.25, 0.3) is 0 Å². The Bertz CT molecular complexity index is 678. The molecule has 1 amide bonds. The van der Waals surface area contributed by atoms with Gasteiger partial charge in [0.2, 0.25) is 0 Å². The second kappa shape index (κ2) is 7.05. The van der Waals surface area contributed by atoms with Gasteiger partial charge in [-0.05, 0) is 73.8 Å². The van der Waals surface area contributed by atoms with Crippen molar-refractivity contribution in [2.24, 2.45) is 23.2 Å². The van der Waals surface area contributed by atoms with Gasteiger partial charge in [0, 0.05) is 0 Å². The van der Waals surface area contributed by atoms with E-state index in [-0.39, 0.29) is 18.0 Å². The second-order valence-corrected chi connectivity index (χ2v) is 9.21. The summed E-state index contributed by atoms with van der Waals surface area (Å²) in [6, 6.07) is 4.98. The molecular weight excluding hydrogens is 373 g/mol. The number of esters is 1. The molecule has 26 heavy (non-hydrogen) atoms. The van der Waals surface area contributed by atoms with E-state index in [1.54, 1.807) is 18.2 Å². The zero-order valence-electron chi connectivity index (χ0n) is 14.6. The maximum absolute atomic E-state index is 12.4. The number of nitrogens with one attached hydrogen (secondary N) is 1. The zero-order chi connectivity index (χ0) is 18.3. The number of carbonyl (C=O) groups excluding carboxylic acids is 2. The molecule has 4 aliphatic carbocycles. The molecular formula is C20H23Cl2NO3. The lowest BCUT2D eigenvalue weighted by Gasteiger charge is -2.56. The number of para-hydroxylation sites is 1. The minimum absolute atomic E-state index is 0.119. The van der Waals surface area contributed by atoms with Gasteiger partial charge in [0.25, 0.3) is 5.91 Å². The molecule has 4 fully saturated rings. The largest absolute Gasteiger partial charge is 0.456 e. The Morgan fingerprint density at radius 3 is 2.12 bits per heavy atom. The van der Waals surface area contributed by atoms with Gasteiger partial charge >= 0.3 is 5.97 Å². The standard InChI is InChI=1S/C20H23Cl2NO3/c21-15-2-1-3-16(22)19(15)23-17(24)11-26-18(25)10-20-7-12-4-13(8-20)6-14(5-12)9-20/h1-3,12-14H,4-11H2,(H,23,24). The first-order valence-corrected chi connectivity index (χ1v) is 10.1. The van der Waals surface area contributed by atoms with Gasteiger partial charge in [0.1, 0.15) is 0 Å². The van der Waals surface area contributed by atoms with Crippen LogP contribution in [0.5, 0.6) is 0 Å². The topological polar surface area (TPSA) is 55.4 Å². The van der Waals surface area contributed by atoms with Crippen molar-refractivity contribution >= 4 is 40.8 Å².